The van der Waals surface area contributed by atoms with E-state index in [0.717, 1.165) is 32.0 Å². The molecule has 1 rings (SSSR count). The Kier molecular flexibility index (Phi) is 7.25. The van der Waals surface area contributed by atoms with Crippen molar-refractivity contribution in [3.05, 3.63) is 0 Å². The first kappa shape index (κ1) is 14.5. The van der Waals surface area contributed by atoms with Crippen molar-refractivity contribution in [2.24, 2.45) is 11.8 Å². The summed E-state index contributed by atoms with van der Waals surface area (Å²) in [4.78, 5) is 11.7. The number of amides is 1. The summed E-state index contributed by atoms with van der Waals surface area (Å²) in [6, 6.07) is 0. The Morgan fingerprint density at radius 3 is 2.88 bits per heavy atom. The number of unbranched alkanes of at least 4 members (excludes halogenated alkanes) is 1. The van der Waals surface area contributed by atoms with Crippen LogP contribution >= 0.6 is 0 Å². The zero-order valence-corrected chi connectivity index (χ0v) is 11.4. The quantitative estimate of drug-likeness (QED) is 0.671. The van der Waals surface area contributed by atoms with Crippen molar-refractivity contribution in [3.8, 4) is 0 Å². The Labute approximate surface area is 106 Å². The first-order valence-electron chi connectivity index (χ1n) is 7.16. The first-order chi connectivity index (χ1) is 8.18. The van der Waals surface area contributed by atoms with Crippen LogP contribution in [0.2, 0.25) is 0 Å². The molecular formula is C14H28N2O. The molecule has 1 heterocycles. The highest BCUT2D eigenvalue weighted by atomic mass is 16.1. The fourth-order valence-electron chi connectivity index (χ4n) is 2.34. The lowest BCUT2D eigenvalue weighted by molar-refractivity contribution is -0.122. The highest BCUT2D eigenvalue weighted by Gasteiger charge is 2.16. The minimum atomic E-state index is 0.239. The minimum Gasteiger partial charge on any atom is -0.356 e. The molecule has 0 spiro atoms. The number of nitrogens with one attached hydrogen (secondary N) is 2. The topological polar surface area (TPSA) is 41.1 Å². The standard InChI is InChI=1S/C14H28N2O/c1-12(2)6-3-4-9-16-14(17)10-13-7-5-8-15-11-13/h12-13,15H,3-11H2,1-2H3,(H,16,17). The van der Waals surface area contributed by atoms with Gasteiger partial charge in [-0.15, -0.1) is 0 Å². The maximum Gasteiger partial charge on any atom is 0.220 e. The Morgan fingerprint density at radius 2 is 2.24 bits per heavy atom. The Morgan fingerprint density at radius 1 is 1.41 bits per heavy atom. The molecule has 0 aliphatic carbocycles. The largest absolute Gasteiger partial charge is 0.356 e. The van der Waals surface area contributed by atoms with Crippen LogP contribution in [0.25, 0.3) is 0 Å². The zero-order chi connectivity index (χ0) is 12.5. The second kappa shape index (κ2) is 8.51. The smallest absolute Gasteiger partial charge is 0.220 e. The molecule has 3 nitrogen and oxygen atoms in total. The van der Waals surface area contributed by atoms with Crippen LogP contribution in [-0.4, -0.2) is 25.5 Å². The van der Waals surface area contributed by atoms with E-state index in [-0.39, 0.29) is 5.91 Å². The fourth-order valence-corrected chi connectivity index (χ4v) is 2.34. The molecule has 17 heavy (non-hydrogen) atoms. The lowest BCUT2D eigenvalue weighted by Crippen LogP contribution is -2.34. The molecule has 0 saturated carbocycles. The summed E-state index contributed by atoms with van der Waals surface area (Å²) < 4.78 is 0. The van der Waals surface area contributed by atoms with E-state index in [2.05, 4.69) is 24.5 Å². The number of hydrogen-bond acceptors (Lipinski definition) is 2. The van der Waals surface area contributed by atoms with Crippen LogP contribution in [0.3, 0.4) is 0 Å². The van der Waals surface area contributed by atoms with Gasteiger partial charge in [0.25, 0.3) is 0 Å². The second-order valence-electron chi connectivity index (χ2n) is 5.66. The number of piperidine rings is 1. The van der Waals surface area contributed by atoms with Crippen LogP contribution in [0.1, 0.15) is 52.4 Å². The molecule has 0 aromatic rings. The third kappa shape index (κ3) is 7.37. The van der Waals surface area contributed by atoms with Crippen LogP contribution < -0.4 is 10.6 Å². The number of rotatable bonds is 7. The Bertz CT molecular complexity index is 210. The van der Waals surface area contributed by atoms with E-state index in [1.165, 1.54) is 25.7 Å². The lowest BCUT2D eigenvalue weighted by Gasteiger charge is -2.22. The second-order valence-corrected chi connectivity index (χ2v) is 5.66. The highest BCUT2D eigenvalue weighted by Crippen LogP contribution is 2.13. The highest BCUT2D eigenvalue weighted by molar-refractivity contribution is 5.76. The van der Waals surface area contributed by atoms with Gasteiger partial charge < -0.3 is 10.6 Å². The van der Waals surface area contributed by atoms with E-state index in [4.69, 9.17) is 0 Å². The molecule has 1 aliphatic heterocycles. The van der Waals surface area contributed by atoms with Crippen LogP contribution in [0.5, 0.6) is 0 Å². The maximum absolute atomic E-state index is 11.7. The zero-order valence-electron chi connectivity index (χ0n) is 11.4. The van der Waals surface area contributed by atoms with Crippen molar-refractivity contribution in [3.63, 3.8) is 0 Å². The third-order valence-corrected chi connectivity index (χ3v) is 3.40. The van der Waals surface area contributed by atoms with Gasteiger partial charge in [-0.2, -0.15) is 0 Å². The molecule has 1 fully saturated rings. The average molecular weight is 240 g/mol. The van der Waals surface area contributed by atoms with E-state index in [1.54, 1.807) is 0 Å². The molecule has 3 heteroatoms. The van der Waals surface area contributed by atoms with Crippen LogP contribution in [-0.2, 0) is 4.79 Å². The van der Waals surface area contributed by atoms with E-state index in [0.29, 0.717) is 12.3 Å². The van der Waals surface area contributed by atoms with Crippen molar-refractivity contribution < 1.29 is 4.79 Å². The first-order valence-corrected chi connectivity index (χ1v) is 7.16. The predicted octanol–water partition coefficient (Wildman–Crippen LogP) is 2.32. The van der Waals surface area contributed by atoms with Gasteiger partial charge in [0.15, 0.2) is 0 Å². The molecular weight excluding hydrogens is 212 g/mol. The summed E-state index contributed by atoms with van der Waals surface area (Å²) in [5.74, 6) is 1.57. The Hall–Kier alpha value is -0.570. The molecule has 2 N–H and O–H groups in total. The summed E-state index contributed by atoms with van der Waals surface area (Å²) in [7, 11) is 0. The molecule has 100 valence electrons. The van der Waals surface area contributed by atoms with Gasteiger partial charge in [-0.3, -0.25) is 4.79 Å². The van der Waals surface area contributed by atoms with Gasteiger partial charge in [-0.25, -0.2) is 0 Å². The summed E-state index contributed by atoms with van der Waals surface area (Å²) in [6.07, 6.45) is 6.73. The SMILES string of the molecule is CC(C)CCCCNC(=O)CC1CCCNC1. The van der Waals surface area contributed by atoms with E-state index < -0.39 is 0 Å². The summed E-state index contributed by atoms with van der Waals surface area (Å²) in [6.45, 7) is 7.48. The summed E-state index contributed by atoms with van der Waals surface area (Å²) in [5, 5.41) is 6.39. The molecule has 0 radical (unpaired) electrons. The normalized spacial score (nSPS) is 20.5. The number of carbonyl (C=O) groups excluding carboxylic acids is 1. The van der Waals surface area contributed by atoms with Gasteiger partial charge in [0.2, 0.25) is 5.91 Å². The lowest BCUT2D eigenvalue weighted by atomic mass is 9.96. The van der Waals surface area contributed by atoms with Gasteiger partial charge >= 0.3 is 0 Å². The van der Waals surface area contributed by atoms with E-state index >= 15 is 0 Å². The number of hydrogen-bond donors (Lipinski definition) is 2. The van der Waals surface area contributed by atoms with Crippen LogP contribution in [0, 0.1) is 11.8 Å². The minimum absolute atomic E-state index is 0.239. The molecule has 0 aromatic carbocycles. The van der Waals surface area contributed by atoms with Gasteiger partial charge in [-0.05, 0) is 44.2 Å². The van der Waals surface area contributed by atoms with Gasteiger partial charge in [0.1, 0.15) is 0 Å². The number of carbonyl (C=O) groups is 1. The molecule has 1 atom stereocenters. The molecule has 1 unspecified atom stereocenters. The fraction of sp³-hybridized carbons (Fsp3) is 0.929. The van der Waals surface area contributed by atoms with E-state index in [9.17, 15) is 4.79 Å². The van der Waals surface area contributed by atoms with Crippen molar-refractivity contribution in [1.29, 1.82) is 0 Å². The third-order valence-electron chi connectivity index (χ3n) is 3.40. The predicted molar refractivity (Wildman–Crippen MR) is 71.9 cm³/mol. The van der Waals surface area contributed by atoms with Crippen molar-refractivity contribution in [2.45, 2.75) is 52.4 Å². The summed E-state index contributed by atoms with van der Waals surface area (Å²) >= 11 is 0. The van der Waals surface area contributed by atoms with Crippen LogP contribution in [0.4, 0.5) is 0 Å². The van der Waals surface area contributed by atoms with Crippen molar-refractivity contribution in [2.75, 3.05) is 19.6 Å². The summed E-state index contributed by atoms with van der Waals surface area (Å²) in [5.41, 5.74) is 0. The molecule has 0 aromatic heterocycles. The molecule has 1 aliphatic rings. The van der Waals surface area contributed by atoms with Gasteiger partial charge in [0, 0.05) is 13.0 Å². The average Bonchev–Trinajstić information content (AvgIpc) is 2.29. The van der Waals surface area contributed by atoms with Gasteiger partial charge in [-0.1, -0.05) is 26.7 Å². The molecule has 0 bridgehead atoms. The van der Waals surface area contributed by atoms with Crippen molar-refractivity contribution in [1.82, 2.24) is 10.6 Å². The Balaban J connectivity index is 1.97. The van der Waals surface area contributed by atoms with Crippen molar-refractivity contribution >= 4 is 5.91 Å². The van der Waals surface area contributed by atoms with Crippen LogP contribution in [0.15, 0.2) is 0 Å². The maximum atomic E-state index is 11.7. The monoisotopic (exact) mass is 240 g/mol. The van der Waals surface area contributed by atoms with E-state index in [1.807, 2.05) is 0 Å². The molecule has 1 amide bonds. The van der Waals surface area contributed by atoms with Gasteiger partial charge in [0.05, 0.1) is 0 Å². The molecule has 1 saturated heterocycles.